The van der Waals surface area contributed by atoms with Crippen molar-refractivity contribution in [2.75, 3.05) is 25.0 Å². The van der Waals surface area contributed by atoms with Crippen LogP contribution in [0.4, 0.5) is 5.69 Å². The van der Waals surface area contributed by atoms with Gasteiger partial charge in [0.2, 0.25) is 5.91 Å². The largest absolute Gasteiger partial charge is 0.466 e. The molecule has 2 aliphatic rings. The molecule has 0 bridgehead atoms. The SMILES string of the molecule is CCOC(=O)C1CCN(C(=O)C(C)Nc2ccc3c(c2)CCC3)CC1. The van der Waals surface area contributed by atoms with Crippen molar-refractivity contribution in [2.24, 2.45) is 5.92 Å². The van der Waals surface area contributed by atoms with E-state index in [-0.39, 0.29) is 23.8 Å². The van der Waals surface area contributed by atoms with E-state index in [1.807, 2.05) is 18.7 Å². The van der Waals surface area contributed by atoms with Gasteiger partial charge in [0.15, 0.2) is 0 Å². The van der Waals surface area contributed by atoms with E-state index < -0.39 is 0 Å². The molecule has 1 unspecified atom stereocenters. The quantitative estimate of drug-likeness (QED) is 0.835. The van der Waals surface area contributed by atoms with E-state index in [1.54, 1.807) is 0 Å². The Hall–Kier alpha value is -2.04. The molecule has 1 aliphatic carbocycles. The van der Waals surface area contributed by atoms with Crippen LogP contribution < -0.4 is 5.32 Å². The molecule has 1 aromatic rings. The molecule has 1 amide bonds. The first-order valence-electron chi connectivity index (χ1n) is 9.42. The summed E-state index contributed by atoms with van der Waals surface area (Å²) in [6, 6.07) is 6.16. The summed E-state index contributed by atoms with van der Waals surface area (Å²) in [5.41, 5.74) is 3.85. The van der Waals surface area contributed by atoms with E-state index in [0.29, 0.717) is 32.5 Å². The predicted octanol–water partition coefficient (Wildman–Crippen LogP) is 2.78. The van der Waals surface area contributed by atoms with Gasteiger partial charge in [0.25, 0.3) is 0 Å². The number of benzene rings is 1. The van der Waals surface area contributed by atoms with Crippen LogP contribution in [0.3, 0.4) is 0 Å². The lowest BCUT2D eigenvalue weighted by Gasteiger charge is -2.33. The Labute approximate surface area is 149 Å². The maximum atomic E-state index is 12.7. The number of piperidine rings is 1. The fourth-order valence-corrected chi connectivity index (χ4v) is 3.84. The Balaban J connectivity index is 1.52. The fourth-order valence-electron chi connectivity index (χ4n) is 3.84. The summed E-state index contributed by atoms with van der Waals surface area (Å²) < 4.78 is 5.09. The summed E-state index contributed by atoms with van der Waals surface area (Å²) >= 11 is 0. The minimum atomic E-state index is -0.265. The highest BCUT2D eigenvalue weighted by atomic mass is 16.5. The first kappa shape index (κ1) is 17.8. The van der Waals surface area contributed by atoms with Crippen LogP contribution in [0.25, 0.3) is 0 Å². The standard InChI is InChI=1S/C20H28N2O3/c1-3-25-20(24)16-9-11-22(12-10-16)19(23)14(2)21-18-8-7-15-5-4-6-17(15)13-18/h7-8,13-14,16,21H,3-6,9-12H2,1-2H3. The van der Waals surface area contributed by atoms with Crippen molar-refractivity contribution in [3.8, 4) is 0 Å². The van der Waals surface area contributed by atoms with Gasteiger partial charge in [-0.1, -0.05) is 6.07 Å². The molecule has 0 radical (unpaired) electrons. The average Bonchev–Trinajstić information content (AvgIpc) is 3.09. The summed E-state index contributed by atoms with van der Waals surface area (Å²) in [6.07, 6.45) is 4.91. The number of nitrogens with zero attached hydrogens (tertiary/aromatic N) is 1. The third kappa shape index (κ3) is 4.14. The highest BCUT2D eigenvalue weighted by Crippen LogP contribution is 2.25. The predicted molar refractivity (Wildman–Crippen MR) is 97.5 cm³/mol. The molecule has 1 fully saturated rings. The van der Waals surface area contributed by atoms with Gasteiger partial charge in [-0.05, 0) is 69.2 Å². The minimum Gasteiger partial charge on any atom is -0.466 e. The first-order valence-corrected chi connectivity index (χ1v) is 9.42. The Bertz CT molecular complexity index is 636. The molecule has 25 heavy (non-hydrogen) atoms. The number of amides is 1. The van der Waals surface area contributed by atoms with Crippen molar-refractivity contribution in [1.29, 1.82) is 0 Å². The van der Waals surface area contributed by atoms with Crippen LogP contribution in [0.15, 0.2) is 18.2 Å². The molecule has 1 heterocycles. The second-order valence-corrected chi connectivity index (χ2v) is 7.05. The number of carbonyl (C=O) groups is 2. The van der Waals surface area contributed by atoms with Crippen LogP contribution in [-0.2, 0) is 27.2 Å². The van der Waals surface area contributed by atoms with Crippen LogP contribution in [-0.4, -0.2) is 42.5 Å². The summed E-state index contributed by atoms with van der Waals surface area (Å²) in [5, 5.41) is 3.34. The van der Waals surface area contributed by atoms with Crippen molar-refractivity contribution in [2.45, 2.75) is 52.0 Å². The van der Waals surface area contributed by atoms with Crippen LogP contribution in [0.2, 0.25) is 0 Å². The zero-order valence-corrected chi connectivity index (χ0v) is 15.2. The molecule has 5 heteroatoms. The molecule has 1 N–H and O–H groups in total. The van der Waals surface area contributed by atoms with Gasteiger partial charge in [-0.25, -0.2) is 0 Å². The number of fused-ring (bicyclic) bond motifs is 1. The Morgan fingerprint density at radius 3 is 2.68 bits per heavy atom. The Kier molecular flexibility index (Phi) is 5.61. The minimum absolute atomic E-state index is 0.0658. The normalized spacial score (nSPS) is 18.6. The third-order valence-corrected chi connectivity index (χ3v) is 5.28. The lowest BCUT2D eigenvalue weighted by atomic mass is 9.96. The molecule has 1 aromatic carbocycles. The van der Waals surface area contributed by atoms with Crippen LogP contribution in [0.5, 0.6) is 0 Å². The maximum Gasteiger partial charge on any atom is 0.309 e. The number of anilines is 1. The van der Waals surface area contributed by atoms with Crippen molar-refractivity contribution in [1.82, 2.24) is 4.90 Å². The summed E-state index contributed by atoms with van der Waals surface area (Å²) in [7, 11) is 0. The second kappa shape index (κ2) is 7.89. The molecule has 1 aliphatic heterocycles. The lowest BCUT2D eigenvalue weighted by molar-refractivity contribution is -0.151. The van der Waals surface area contributed by atoms with Gasteiger partial charge >= 0.3 is 5.97 Å². The smallest absolute Gasteiger partial charge is 0.309 e. The number of likely N-dealkylation sites (tertiary alicyclic amines) is 1. The van der Waals surface area contributed by atoms with E-state index in [9.17, 15) is 9.59 Å². The van der Waals surface area contributed by atoms with Crippen LogP contribution >= 0.6 is 0 Å². The molecule has 5 nitrogen and oxygen atoms in total. The van der Waals surface area contributed by atoms with E-state index in [4.69, 9.17) is 4.74 Å². The molecule has 0 aromatic heterocycles. The van der Waals surface area contributed by atoms with Crippen molar-refractivity contribution in [3.63, 3.8) is 0 Å². The van der Waals surface area contributed by atoms with Gasteiger partial charge in [-0.15, -0.1) is 0 Å². The van der Waals surface area contributed by atoms with Gasteiger partial charge in [-0.3, -0.25) is 9.59 Å². The summed E-state index contributed by atoms with van der Waals surface area (Å²) in [4.78, 5) is 26.4. The van der Waals surface area contributed by atoms with Crippen molar-refractivity contribution >= 4 is 17.6 Å². The molecule has 136 valence electrons. The number of aryl methyl sites for hydroxylation is 2. The molecular weight excluding hydrogens is 316 g/mol. The molecule has 1 atom stereocenters. The maximum absolute atomic E-state index is 12.7. The topological polar surface area (TPSA) is 58.6 Å². The number of hydrogen-bond donors (Lipinski definition) is 1. The van der Waals surface area contributed by atoms with Gasteiger partial charge in [-0.2, -0.15) is 0 Å². The van der Waals surface area contributed by atoms with E-state index >= 15 is 0 Å². The molecule has 0 saturated carbocycles. The van der Waals surface area contributed by atoms with Gasteiger partial charge in [0, 0.05) is 18.8 Å². The number of rotatable bonds is 5. The monoisotopic (exact) mass is 344 g/mol. The first-order chi connectivity index (χ1) is 12.1. The third-order valence-electron chi connectivity index (χ3n) is 5.28. The highest BCUT2D eigenvalue weighted by molar-refractivity contribution is 5.84. The van der Waals surface area contributed by atoms with E-state index in [1.165, 1.54) is 24.0 Å². The van der Waals surface area contributed by atoms with Crippen LogP contribution in [0.1, 0.15) is 44.2 Å². The van der Waals surface area contributed by atoms with Crippen molar-refractivity contribution in [3.05, 3.63) is 29.3 Å². The molecular formula is C20H28N2O3. The zero-order valence-electron chi connectivity index (χ0n) is 15.2. The number of nitrogens with one attached hydrogen (secondary N) is 1. The summed E-state index contributed by atoms with van der Waals surface area (Å²) in [5.74, 6) is -0.0919. The van der Waals surface area contributed by atoms with E-state index in [0.717, 1.165) is 12.1 Å². The van der Waals surface area contributed by atoms with Gasteiger partial charge in [0.1, 0.15) is 6.04 Å². The Morgan fingerprint density at radius 2 is 1.96 bits per heavy atom. The number of ether oxygens (including phenoxy) is 1. The zero-order chi connectivity index (χ0) is 17.8. The Morgan fingerprint density at radius 1 is 1.24 bits per heavy atom. The molecule has 3 rings (SSSR count). The second-order valence-electron chi connectivity index (χ2n) is 7.05. The summed E-state index contributed by atoms with van der Waals surface area (Å²) in [6.45, 7) is 5.40. The molecule has 1 saturated heterocycles. The fraction of sp³-hybridized carbons (Fsp3) is 0.600. The van der Waals surface area contributed by atoms with Gasteiger partial charge < -0.3 is 15.0 Å². The number of hydrogen-bond acceptors (Lipinski definition) is 4. The average molecular weight is 344 g/mol. The number of esters is 1. The van der Waals surface area contributed by atoms with Crippen molar-refractivity contribution < 1.29 is 14.3 Å². The number of carbonyl (C=O) groups excluding carboxylic acids is 2. The van der Waals surface area contributed by atoms with Crippen LogP contribution in [0, 0.1) is 5.92 Å². The highest BCUT2D eigenvalue weighted by Gasteiger charge is 2.30. The van der Waals surface area contributed by atoms with Gasteiger partial charge in [0.05, 0.1) is 12.5 Å². The molecule has 0 spiro atoms. The lowest BCUT2D eigenvalue weighted by Crippen LogP contribution is -2.46. The van der Waals surface area contributed by atoms with E-state index in [2.05, 4.69) is 23.5 Å².